The van der Waals surface area contributed by atoms with Gasteiger partial charge in [-0.2, -0.15) is 5.10 Å². The number of hydrogen-bond acceptors (Lipinski definition) is 5. The fourth-order valence-electron chi connectivity index (χ4n) is 4.31. The number of furan rings is 1. The molecule has 146 valence electrons. The lowest BCUT2D eigenvalue weighted by molar-refractivity contribution is -0.132. The van der Waals surface area contributed by atoms with Gasteiger partial charge in [0.15, 0.2) is 11.5 Å². The van der Waals surface area contributed by atoms with Crippen LogP contribution in [0.2, 0.25) is 0 Å². The number of aromatic nitrogens is 3. The van der Waals surface area contributed by atoms with E-state index in [1.165, 1.54) is 18.5 Å². The molecule has 0 aliphatic carbocycles. The molecule has 0 N–H and O–H groups in total. The molecule has 1 amide bonds. The van der Waals surface area contributed by atoms with E-state index in [4.69, 9.17) is 14.5 Å². The first-order chi connectivity index (χ1) is 13.8. The second-order valence-electron chi connectivity index (χ2n) is 7.79. The lowest BCUT2D eigenvalue weighted by Crippen LogP contribution is -2.40. The SMILES string of the molecule is O=C(Cc1ccco1)N1CCCC(c2nc3ccc(N4CCCC4)cn3n2)C1. The number of nitrogens with zero attached hydrogens (tertiary/aromatic N) is 5. The first-order valence-electron chi connectivity index (χ1n) is 10.2. The molecular weight excluding hydrogens is 354 g/mol. The Morgan fingerprint density at radius 2 is 2.04 bits per heavy atom. The summed E-state index contributed by atoms with van der Waals surface area (Å²) in [5.41, 5.74) is 2.08. The molecule has 0 radical (unpaired) electrons. The van der Waals surface area contributed by atoms with Gasteiger partial charge in [0, 0.05) is 32.1 Å². The predicted molar refractivity (Wildman–Crippen MR) is 105 cm³/mol. The van der Waals surface area contributed by atoms with Crippen LogP contribution in [0.3, 0.4) is 0 Å². The Bertz CT molecular complexity index is 959. The standard InChI is InChI=1S/C21H25N5O2/c27-20(13-18-6-4-12-28-18)25-11-3-5-16(14-25)21-22-19-8-7-17(15-26(19)23-21)24-9-1-2-10-24/h4,6-8,12,15-16H,1-3,5,9-11,13-14H2. The summed E-state index contributed by atoms with van der Waals surface area (Å²) in [4.78, 5) is 21.7. The minimum absolute atomic E-state index is 0.111. The number of likely N-dealkylation sites (tertiary alicyclic amines) is 1. The van der Waals surface area contributed by atoms with Gasteiger partial charge in [-0.3, -0.25) is 4.79 Å². The normalized spacial score (nSPS) is 20.2. The highest BCUT2D eigenvalue weighted by atomic mass is 16.3. The zero-order valence-electron chi connectivity index (χ0n) is 16.0. The summed E-state index contributed by atoms with van der Waals surface area (Å²) in [5, 5.41) is 4.76. The molecule has 1 unspecified atom stereocenters. The fraction of sp³-hybridized carbons (Fsp3) is 0.476. The number of hydrogen-bond donors (Lipinski definition) is 0. The van der Waals surface area contributed by atoms with E-state index in [-0.39, 0.29) is 11.8 Å². The molecule has 2 fully saturated rings. The number of carbonyl (C=O) groups is 1. The van der Waals surface area contributed by atoms with Crippen LogP contribution in [-0.4, -0.2) is 51.6 Å². The van der Waals surface area contributed by atoms with Crippen LogP contribution in [0.4, 0.5) is 5.69 Å². The maximum absolute atomic E-state index is 12.6. The van der Waals surface area contributed by atoms with Gasteiger partial charge in [-0.15, -0.1) is 0 Å². The molecule has 2 saturated heterocycles. The molecular formula is C21H25N5O2. The number of pyridine rings is 1. The Hall–Kier alpha value is -2.83. The summed E-state index contributed by atoms with van der Waals surface area (Å²) in [5.74, 6) is 1.85. The average molecular weight is 379 g/mol. The lowest BCUT2D eigenvalue weighted by Gasteiger charge is -2.31. The average Bonchev–Trinajstić information content (AvgIpc) is 3.48. The second kappa shape index (κ2) is 7.30. The molecule has 0 spiro atoms. The zero-order chi connectivity index (χ0) is 18.9. The van der Waals surface area contributed by atoms with Crippen molar-refractivity contribution in [3.05, 3.63) is 48.3 Å². The van der Waals surface area contributed by atoms with E-state index >= 15 is 0 Å². The summed E-state index contributed by atoms with van der Waals surface area (Å²) in [6.45, 7) is 3.70. The minimum Gasteiger partial charge on any atom is -0.469 e. The van der Waals surface area contributed by atoms with E-state index in [1.54, 1.807) is 6.26 Å². The van der Waals surface area contributed by atoms with E-state index in [2.05, 4.69) is 17.2 Å². The van der Waals surface area contributed by atoms with Crippen molar-refractivity contribution >= 4 is 17.2 Å². The summed E-state index contributed by atoms with van der Waals surface area (Å²) < 4.78 is 7.22. The third-order valence-corrected chi connectivity index (χ3v) is 5.85. The highest BCUT2D eigenvalue weighted by Crippen LogP contribution is 2.27. The lowest BCUT2D eigenvalue weighted by atomic mass is 9.97. The Morgan fingerprint density at radius 3 is 2.86 bits per heavy atom. The van der Waals surface area contributed by atoms with E-state index in [9.17, 15) is 4.79 Å². The molecule has 7 nitrogen and oxygen atoms in total. The number of amides is 1. The van der Waals surface area contributed by atoms with Crippen LogP contribution in [0.5, 0.6) is 0 Å². The van der Waals surface area contributed by atoms with Gasteiger partial charge in [-0.1, -0.05) is 0 Å². The van der Waals surface area contributed by atoms with Gasteiger partial charge in [0.2, 0.25) is 5.91 Å². The van der Waals surface area contributed by atoms with Crippen molar-refractivity contribution < 1.29 is 9.21 Å². The number of fused-ring (bicyclic) bond motifs is 1. The molecule has 0 aromatic carbocycles. The molecule has 28 heavy (non-hydrogen) atoms. The molecule has 5 rings (SSSR count). The van der Waals surface area contributed by atoms with Crippen molar-refractivity contribution in [2.75, 3.05) is 31.1 Å². The van der Waals surface area contributed by atoms with Crippen LogP contribution in [0.15, 0.2) is 41.1 Å². The highest BCUT2D eigenvalue weighted by molar-refractivity contribution is 5.78. The smallest absolute Gasteiger partial charge is 0.230 e. The summed E-state index contributed by atoms with van der Waals surface area (Å²) >= 11 is 0. The predicted octanol–water partition coefficient (Wildman–Crippen LogP) is 2.87. The van der Waals surface area contributed by atoms with E-state index in [0.717, 1.165) is 43.9 Å². The Labute approximate surface area is 163 Å². The van der Waals surface area contributed by atoms with Crippen LogP contribution < -0.4 is 4.90 Å². The number of rotatable bonds is 4. The number of carbonyl (C=O) groups excluding carboxylic acids is 1. The van der Waals surface area contributed by atoms with Crippen molar-refractivity contribution in [2.24, 2.45) is 0 Å². The van der Waals surface area contributed by atoms with Crippen molar-refractivity contribution in [1.29, 1.82) is 0 Å². The molecule has 7 heteroatoms. The summed E-state index contributed by atoms with van der Waals surface area (Å²) in [6.07, 6.45) is 8.51. The zero-order valence-corrected chi connectivity index (χ0v) is 16.0. The monoisotopic (exact) mass is 379 g/mol. The quantitative estimate of drug-likeness (QED) is 0.697. The van der Waals surface area contributed by atoms with E-state index in [0.29, 0.717) is 18.7 Å². The van der Waals surface area contributed by atoms with E-state index < -0.39 is 0 Å². The largest absolute Gasteiger partial charge is 0.469 e. The Balaban J connectivity index is 1.32. The first kappa shape index (κ1) is 17.3. The third kappa shape index (κ3) is 3.37. The van der Waals surface area contributed by atoms with Gasteiger partial charge in [0.05, 0.1) is 24.6 Å². The maximum atomic E-state index is 12.6. The van der Waals surface area contributed by atoms with Crippen LogP contribution in [0.25, 0.3) is 5.65 Å². The second-order valence-corrected chi connectivity index (χ2v) is 7.79. The van der Waals surface area contributed by atoms with Crippen LogP contribution in [-0.2, 0) is 11.2 Å². The van der Waals surface area contributed by atoms with Gasteiger partial charge in [0.1, 0.15) is 5.76 Å². The van der Waals surface area contributed by atoms with Gasteiger partial charge in [-0.05, 0) is 49.9 Å². The van der Waals surface area contributed by atoms with Crippen molar-refractivity contribution in [1.82, 2.24) is 19.5 Å². The molecule has 1 atom stereocenters. The van der Waals surface area contributed by atoms with Crippen molar-refractivity contribution in [3.63, 3.8) is 0 Å². The fourth-order valence-corrected chi connectivity index (χ4v) is 4.31. The number of piperidine rings is 1. The summed E-state index contributed by atoms with van der Waals surface area (Å²) in [7, 11) is 0. The van der Waals surface area contributed by atoms with Crippen molar-refractivity contribution in [2.45, 2.75) is 38.0 Å². The minimum atomic E-state index is 0.111. The molecule has 3 aromatic heterocycles. The molecule has 2 aliphatic rings. The highest BCUT2D eigenvalue weighted by Gasteiger charge is 2.28. The molecule has 0 saturated carbocycles. The molecule has 5 heterocycles. The number of anilines is 1. The topological polar surface area (TPSA) is 66.9 Å². The van der Waals surface area contributed by atoms with Gasteiger partial charge < -0.3 is 14.2 Å². The first-order valence-corrected chi connectivity index (χ1v) is 10.2. The summed E-state index contributed by atoms with van der Waals surface area (Å²) in [6, 6.07) is 7.85. The third-order valence-electron chi connectivity index (χ3n) is 5.85. The van der Waals surface area contributed by atoms with Gasteiger partial charge in [-0.25, -0.2) is 9.50 Å². The van der Waals surface area contributed by atoms with E-state index in [1.807, 2.05) is 27.6 Å². The van der Waals surface area contributed by atoms with Crippen LogP contribution >= 0.6 is 0 Å². The molecule has 3 aromatic rings. The Morgan fingerprint density at radius 1 is 1.14 bits per heavy atom. The molecule has 2 aliphatic heterocycles. The molecule has 0 bridgehead atoms. The van der Waals surface area contributed by atoms with Crippen LogP contribution in [0.1, 0.15) is 43.2 Å². The van der Waals surface area contributed by atoms with Gasteiger partial charge >= 0.3 is 0 Å². The Kier molecular flexibility index (Phi) is 4.50. The maximum Gasteiger partial charge on any atom is 0.230 e. The van der Waals surface area contributed by atoms with Gasteiger partial charge in [0.25, 0.3) is 0 Å². The van der Waals surface area contributed by atoms with Crippen molar-refractivity contribution in [3.8, 4) is 0 Å². The van der Waals surface area contributed by atoms with Crippen LogP contribution in [0, 0.1) is 0 Å².